The van der Waals surface area contributed by atoms with Crippen molar-refractivity contribution in [1.29, 1.82) is 0 Å². The second-order valence-electron chi connectivity index (χ2n) is 5.26. The molecule has 0 aromatic heterocycles. The Balaban J connectivity index is 2.05. The maximum atomic E-state index is 4.06. The standard InChI is InChI=1S/C16H23N/c1-4-17-16(9-12(2)3)15-10-13-7-5-6-8-14(13)11-15/h5-8,15-17H,2,4,9-11H2,1,3H3. The van der Waals surface area contributed by atoms with Gasteiger partial charge in [0.25, 0.3) is 0 Å². The predicted molar refractivity (Wildman–Crippen MR) is 74.2 cm³/mol. The Kier molecular flexibility index (Phi) is 4.01. The minimum Gasteiger partial charge on any atom is -0.314 e. The van der Waals surface area contributed by atoms with Gasteiger partial charge in [-0.25, -0.2) is 0 Å². The van der Waals surface area contributed by atoms with E-state index in [4.69, 9.17) is 0 Å². The average Bonchev–Trinajstić information content (AvgIpc) is 2.71. The molecule has 0 amide bonds. The van der Waals surface area contributed by atoms with E-state index in [1.165, 1.54) is 18.4 Å². The zero-order valence-electron chi connectivity index (χ0n) is 11.0. The molecule has 0 heterocycles. The summed E-state index contributed by atoms with van der Waals surface area (Å²) < 4.78 is 0. The van der Waals surface area contributed by atoms with E-state index in [1.807, 2.05) is 0 Å². The van der Waals surface area contributed by atoms with Crippen LogP contribution in [0.2, 0.25) is 0 Å². The Hall–Kier alpha value is -1.08. The summed E-state index contributed by atoms with van der Waals surface area (Å²) in [5.41, 5.74) is 4.37. The monoisotopic (exact) mass is 229 g/mol. The molecular weight excluding hydrogens is 206 g/mol. The highest BCUT2D eigenvalue weighted by Crippen LogP contribution is 2.30. The van der Waals surface area contributed by atoms with Gasteiger partial charge >= 0.3 is 0 Å². The van der Waals surface area contributed by atoms with Crippen LogP contribution in [0.3, 0.4) is 0 Å². The molecule has 1 nitrogen and oxygen atoms in total. The van der Waals surface area contributed by atoms with Gasteiger partial charge in [-0.05, 0) is 49.8 Å². The Bertz CT molecular complexity index is 369. The third kappa shape index (κ3) is 2.98. The lowest BCUT2D eigenvalue weighted by molar-refractivity contribution is 0.367. The molecule has 1 unspecified atom stereocenters. The van der Waals surface area contributed by atoms with Crippen molar-refractivity contribution in [3.8, 4) is 0 Å². The molecule has 2 rings (SSSR count). The molecule has 0 bridgehead atoms. The lowest BCUT2D eigenvalue weighted by atomic mass is 9.92. The summed E-state index contributed by atoms with van der Waals surface area (Å²) in [6.07, 6.45) is 3.55. The van der Waals surface area contributed by atoms with Crippen molar-refractivity contribution >= 4 is 0 Å². The molecule has 17 heavy (non-hydrogen) atoms. The van der Waals surface area contributed by atoms with Gasteiger partial charge in [0.1, 0.15) is 0 Å². The van der Waals surface area contributed by atoms with Gasteiger partial charge in [0, 0.05) is 6.04 Å². The minimum absolute atomic E-state index is 0.588. The van der Waals surface area contributed by atoms with E-state index in [9.17, 15) is 0 Å². The topological polar surface area (TPSA) is 12.0 Å². The van der Waals surface area contributed by atoms with Crippen molar-refractivity contribution in [2.24, 2.45) is 5.92 Å². The number of benzene rings is 1. The highest BCUT2D eigenvalue weighted by molar-refractivity contribution is 5.32. The van der Waals surface area contributed by atoms with Crippen LogP contribution in [0.15, 0.2) is 36.4 Å². The third-order valence-electron chi connectivity index (χ3n) is 3.69. The van der Waals surface area contributed by atoms with Crippen molar-refractivity contribution in [2.75, 3.05) is 6.54 Å². The van der Waals surface area contributed by atoms with E-state index in [0.29, 0.717) is 6.04 Å². The van der Waals surface area contributed by atoms with Gasteiger partial charge in [0.15, 0.2) is 0 Å². The predicted octanol–water partition coefficient (Wildman–Crippen LogP) is 3.35. The van der Waals surface area contributed by atoms with Gasteiger partial charge in [-0.15, -0.1) is 6.58 Å². The van der Waals surface area contributed by atoms with E-state index in [2.05, 4.69) is 50.0 Å². The first-order valence-electron chi connectivity index (χ1n) is 6.65. The van der Waals surface area contributed by atoms with E-state index < -0.39 is 0 Å². The molecule has 0 aliphatic heterocycles. The first kappa shape index (κ1) is 12.4. The molecule has 1 heteroatoms. The molecule has 1 aliphatic carbocycles. The zero-order valence-corrected chi connectivity index (χ0v) is 11.0. The van der Waals surface area contributed by atoms with Crippen LogP contribution in [0.5, 0.6) is 0 Å². The van der Waals surface area contributed by atoms with Crippen molar-refractivity contribution < 1.29 is 0 Å². The smallest absolute Gasteiger partial charge is 0.0138 e. The summed E-state index contributed by atoms with van der Waals surface area (Å²) in [7, 11) is 0. The molecule has 1 aromatic carbocycles. The van der Waals surface area contributed by atoms with Crippen LogP contribution in [-0.2, 0) is 12.8 Å². The molecule has 1 N–H and O–H groups in total. The number of fused-ring (bicyclic) bond motifs is 1. The Labute approximate surface area is 105 Å². The average molecular weight is 229 g/mol. The maximum absolute atomic E-state index is 4.06. The van der Waals surface area contributed by atoms with Crippen LogP contribution < -0.4 is 5.32 Å². The van der Waals surface area contributed by atoms with E-state index in [1.54, 1.807) is 11.1 Å². The largest absolute Gasteiger partial charge is 0.314 e. The molecule has 92 valence electrons. The summed E-state index contributed by atoms with van der Waals surface area (Å²) in [5, 5.41) is 3.63. The molecule has 0 radical (unpaired) electrons. The van der Waals surface area contributed by atoms with Crippen molar-refractivity contribution in [3.05, 3.63) is 47.5 Å². The molecule has 0 saturated heterocycles. The van der Waals surface area contributed by atoms with Gasteiger partial charge in [-0.3, -0.25) is 0 Å². The maximum Gasteiger partial charge on any atom is 0.0138 e. The molecule has 0 spiro atoms. The highest BCUT2D eigenvalue weighted by atomic mass is 14.9. The summed E-state index contributed by atoms with van der Waals surface area (Å²) in [4.78, 5) is 0. The Morgan fingerprint density at radius 3 is 2.41 bits per heavy atom. The lowest BCUT2D eigenvalue weighted by Crippen LogP contribution is -2.36. The first-order valence-corrected chi connectivity index (χ1v) is 6.65. The fraction of sp³-hybridized carbons (Fsp3) is 0.500. The quantitative estimate of drug-likeness (QED) is 0.764. The minimum atomic E-state index is 0.588. The van der Waals surface area contributed by atoms with Crippen LogP contribution in [0, 0.1) is 5.92 Å². The van der Waals surface area contributed by atoms with Crippen molar-refractivity contribution in [2.45, 2.75) is 39.2 Å². The zero-order chi connectivity index (χ0) is 12.3. The second-order valence-corrected chi connectivity index (χ2v) is 5.26. The van der Waals surface area contributed by atoms with Crippen LogP contribution >= 0.6 is 0 Å². The fourth-order valence-electron chi connectivity index (χ4n) is 2.92. The molecule has 0 saturated carbocycles. The second kappa shape index (κ2) is 5.50. The number of hydrogen-bond acceptors (Lipinski definition) is 1. The van der Waals surface area contributed by atoms with Crippen LogP contribution in [0.1, 0.15) is 31.4 Å². The molecule has 1 aliphatic rings. The molecular formula is C16H23N. The summed E-state index contributed by atoms with van der Waals surface area (Å²) in [5.74, 6) is 0.740. The third-order valence-corrected chi connectivity index (χ3v) is 3.69. The number of rotatable bonds is 5. The Morgan fingerprint density at radius 1 is 1.35 bits per heavy atom. The molecule has 1 aromatic rings. The van der Waals surface area contributed by atoms with Crippen molar-refractivity contribution in [3.63, 3.8) is 0 Å². The van der Waals surface area contributed by atoms with Crippen LogP contribution in [-0.4, -0.2) is 12.6 Å². The summed E-state index contributed by atoms with van der Waals surface area (Å²) in [6.45, 7) is 9.42. The highest BCUT2D eigenvalue weighted by Gasteiger charge is 2.27. The Morgan fingerprint density at radius 2 is 1.94 bits per heavy atom. The molecule has 1 atom stereocenters. The lowest BCUT2D eigenvalue weighted by Gasteiger charge is -2.24. The van der Waals surface area contributed by atoms with Gasteiger partial charge < -0.3 is 5.32 Å². The van der Waals surface area contributed by atoms with E-state index >= 15 is 0 Å². The number of hydrogen-bond donors (Lipinski definition) is 1. The summed E-state index contributed by atoms with van der Waals surface area (Å²) in [6, 6.07) is 9.45. The normalized spacial score (nSPS) is 16.8. The molecule has 0 fully saturated rings. The SMILES string of the molecule is C=C(C)CC(NCC)C1Cc2ccccc2C1. The van der Waals surface area contributed by atoms with E-state index in [0.717, 1.165) is 18.9 Å². The van der Waals surface area contributed by atoms with E-state index in [-0.39, 0.29) is 0 Å². The van der Waals surface area contributed by atoms with Gasteiger partial charge in [0.2, 0.25) is 0 Å². The van der Waals surface area contributed by atoms with Crippen molar-refractivity contribution in [1.82, 2.24) is 5.32 Å². The van der Waals surface area contributed by atoms with Crippen LogP contribution in [0.25, 0.3) is 0 Å². The first-order chi connectivity index (χ1) is 8.20. The van der Waals surface area contributed by atoms with Crippen LogP contribution in [0.4, 0.5) is 0 Å². The van der Waals surface area contributed by atoms with Gasteiger partial charge in [0.05, 0.1) is 0 Å². The fourth-order valence-corrected chi connectivity index (χ4v) is 2.92. The van der Waals surface area contributed by atoms with Gasteiger partial charge in [-0.1, -0.05) is 36.8 Å². The number of nitrogens with one attached hydrogen (secondary N) is 1. The van der Waals surface area contributed by atoms with Gasteiger partial charge in [-0.2, -0.15) is 0 Å². The summed E-state index contributed by atoms with van der Waals surface area (Å²) >= 11 is 0.